The average molecular weight is 437 g/mol. The van der Waals surface area contributed by atoms with Crippen molar-refractivity contribution < 1.29 is 14.3 Å². The van der Waals surface area contributed by atoms with E-state index in [2.05, 4.69) is 36.0 Å². The van der Waals surface area contributed by atoms with Crippen molar-refractivity contribution in [2.24, 2.45) is 5.92 Å². The van der Waals surface area contributed by atoms with Crippen LogP contribution in [0.1, 0.15) is 32.6 Å². The molecular formula is C19H25BrN4O3. The number of amides is 2. The first-order chi connectivity index (χ1) is 12.7. The minimum absolute atomic E-state index is 0.0822. The van der Waals surface area contributed by atoms with Crippen molar-refractivity contribution >= 4 is 27.9 Å². The van der Waals surface area contributed by atoms with Gasteiger partial charge in [-0.25, -0.2) is 9.78 Å². The molecule has 8 heteroatoms. The highest BCUT2D eigenvalue weighted by Gasteiger charge is 2.30. The predicted molar refractivity (Wildman–Crippen MR) is 107 cm³/mol. The SMILES string of the molecule is COC(=O)N[C@H](C(=O)N(C)[C@H](C)c1ncc(-c2ccc(Br)cc2)[nH]1)C(C)C. The molecule has 0 radical (unpaired) electrons. The molecule has 1 aromatic carbocycles. The molecule has 7 nitrogen and oxygen atoms in total. The number of methoxy groups -OCH3 is 1. The van der Waals surface area contributed by atoms with E-state index in [4.69, 9.17) is 0 Å². The van der Waals surface area contributed by atoms with Crippen LogP contribution in [0.5, 0.6) is 0 Å². The number of rotatable bonds is 6. The van der Waals surface area contributed by atoms with E-state index < -0.39 is 12.1 Å². The van der Waals surface area contributed by atoms with Gasteiger partial charge in [-0.2, -0.15) is 0 Å². The van der Waals surface area contributed by atoms with Crippen molar-refractivity contribution in [3.8, 4) is 11.3 Å². The lowest BCUT2D eigenvalue weighted by Gasteiger charge is -2.30. The molecule has 2 aromatic rings. The number of likely N-dealkylation sites (N-methyl/N-ethyl adjacent to an activating group) is 1. The molecule has 0 aliphatic heterocycles. The zero-order valence-corrected chi connectivity index (χ0v) is 17.7. The van der Waals surface area contributed by atoms with Gasteiger partial charge < -0.3 is 19.9 Å². The van der Waals surface area contributed by atoms with E-state index in [-0.39, 0.29) is 17.9 Å². The molecule has 0 fully saturated rings. The maximum Gasteiger partial charge on any atom is 0.407 e. The largest absolute Gasteiger partial charge is 0.453 e. The lowest BCUT2D eigenvalue weighted by atomic mass is 10.0. The second-order valence-electron chi connectivity index (χ2n) is 6.67. The number of halogens is 1. The fourth-order valence-electron chi connectivity index (χ4n) is 2.62. The summed E-state index contributed by atoms with van der Waals surface area (Å²) in [5, 5.41) is 2.60. The number of nitrogens with one attached hydrogen (secondary N) is 2. The van der Waals surface area contributed by atoms with Gasteiger partial charge in [-0.15, -0.1) is 0 Å². The summed E-state index contributed by atoms with van der Waals surface area (Å²) < 4.78 is 5.63. The number of aromatic nitrogens is 2. The molecule has 0 bridgehead atoms. The van der Waals surface area contributed by atoms with Crippen LogP contribution in [0.2, 0.25) is 0 Å². The summed E-state index contributed by atoms with van der Waals surface area (Å²) in [6.07, 6.45) is 1.12. The number of benzene rings is 1. The molecule has 0 saturated carbocycles. The van der Waals surface area contributed by atoms with Crippen LogP contribution in [-0.4, -0.2) is 47.1 Å². The molecule has 1 heterocycles. The Bertz CT molecular complexity index is 789. The van der Waals surface area contributed by atoms with Gasteiger partial charge in [-0.1, -0.05) is 41.9 Å². The summed E-state index contributed by atoms with van der Waals surface area (Å²) in [5.41, 5.74) is 1.88. The maximum absolute atomic E-state index is 12.9. The second-order valence-corrected chi connectivity index (χ2v) is 7.59. The van der Waals surface area contributed by atoms with Crippen LogP contribution in [0, 0.1) is 5.92 Å². The average Bonchev–Trinajstić information content (AvgIpc) is 3.14. The Morgan fingerprint density at radius 2 is 1.85 bits per heavy atom. The Morgan fingerprint density at radius 3 is 2.41 bits per heavy atom. The molecule has 0 aliphatic carbocycles. The van der Waals surface area contributed by atoms with Crippen molar-refractivity contribution in [3.63, 3.8) is 0 Å². The van der Waals surface area contributed by atoms with E-state index in [1.165, 1.54) is 7.11 Å². The third-order valence-corrected chi connectivity index (χ3v) is 5.00. The molecule has 146 valence electrons. The van der Waals surface area contributed by atoms with Crippen LogP contribution >= 0.6 is 15.9 Å². The molecular weight excluding hydrogens is 412 g/mol. The standard InChI is InChI=1S/C19H25BrN4O3/c1-11(2)16(23-19(26)27-5)18(25)24(4)12(3)17-21-10-15(22-17)13-6-8-14(20)9-7-13/h6-12,16H,1-5H3,(H,21,22)(H,23,26)/t12-,16+/m1/s1. The zero-order chi connectivity index (χ0) is 20.1. The van der Waals surface area contributed by atoms with Crippen molar-refractivity contribution in [2.45, 2.75) is 32.9 Å². The molecule has 2 N–H and O–H groups in total. The van der Waals surface area contributed by atoms with E-state index in [1.807, 2.05) is 45.0 Å². The number of aromatic amines is 1. The Kier molecular flexibility index (Phi) is 7.01. The zero-order valence-electron chi connectivity index (χ0n) is 16.1. The smallest absolute Gasteiger partial charge is 0.407 e. The van der Waals surface area contributed by atoms with Gasteiger partial charge in [0.05, 0.1) is 25.0 Å². The highest BCUT2D eigenvalue weighted by molar-refractivity contribution is 9.10. The minimum atomic E-state index is -0.675. The van der Waals surface area contributed by atoms with E-state index in [0.717, 1.165) is 15.7 Å². The highest BCUT2D eigenvalue weighted by atomic mass is 79.9. The van der Waals surface area contributed by atoms with Crippen molar-refractivity contribution in [2.75, 3.05) is 14.2 Å². The summed E-state index contributed by atoms with van der Waals surface area (Å²) in [7, 11) is 2.97. The summed E-state index contributed by atoms with van der Waals surface area (Å²) in [6, 6.07) is 6.92. The molecule has 27 heavy (non-hydrogen) atoms. The van der Waals surface area contributed by atoms with Crippen LogP contribution in [0.3, 0.4) is 0 Å². The number of alkyl carbamates (subject to hydrolysis) is 1. The fraction of sp³-hybridized carbons (Fsp3) is 0.421. The van der Waals surface area contributed by atoms with Crippen molar-refractivity contribution in [1.29, 1.82) is 0 Å². The summed E-state index contributed by atoms with van der Waals surface area (Å²) >= 11 is 3.42. The molecule has 0 aliphatic rings. The van der Waals surface area contributed by atoms with Gasteiger partial charge in [-0.3, -0.25) is 4.79 Å². The van der Waals surface area contributed by atoms with Crippen molar-refractivity contribution in [3.05, 3.63) is 40.8 Å². The number of H-pyrrole nitrogens is 1. The lowest BCUT2D eigenvalue weighted by Crippen LogP contribution is -2.50. The first kappa shape index (κ1) is 21.0. The van der Waals surface area contributed by atoms with Crippen LogP contribution in [0.25, 0.3) is 11.3 Å². The van der Waals surface area contributed by atoms with Gasteiger partial charge >= 0.3 is 6.09 Å². The molecule has 2 amide bonds. The van der Waals surface area contributed by atoms with Gasteiger partial charge in [0.1, 0.15) is 11.9 Å². The number of imidazole rings is 1. The van der Waals surface area contributed by atoms with Gasteiger partial charge in [0, 0.05) is 11.5 Å². The highest BCUT2D eigenvalue weighted by Crippen LogP contribution is 2.24. The van der Waals surface area contributed by atoms with Gasteiger partial charge in [0.15, 0.2) is 0 Å². The van der Waals surface area contributed by atoms with Crippen LogP contribution in [-0.2, 0) is 9.53 Å². The van der Waals surface area contributed by atoms with E-state index in [9.17, 15) is 9.59 Å². The topological polar surface area (TPSA) is 87.3 Å². The normalized spacial score (nSPS) is 13.1. The first-order valence-corrected chi connectivity index (χ1v) is 9.45. The number of carbonyl (C=O) groups is 2. The van der Waals surface area contributed by atoms with Crippen LogP contribution in [0.4, 0.5) is 4.79 Å². The van der Waals surface area contributed by atoms with Gasteiger partial charge in [-0.05, 0) is 30.5 Å². The maximum atomic E-state index is 12.9. The number of nitrogens with zero attached hydrogens (tertiary/aromatic N) is 2. The molecule has 2 rings (SSSR count). The predicted octanol–water partition coefficient (Wildman–Crippen LogP) is 3.74. The summed E-state index contributed by atoms with van der Waals surface area (Å²) in [6.45, 7) is 5.63. The molecule has 0 spiro atoms. The van der Waals surface area contributed by atoms with E-state index in [1.54, 1.807) is 18.1 Å². The second kappa shape index (κ2) is 9.03. The number of hydrogen-bond acceptors (Lipinski definition) is 4. The fourth-order valence-corrected chi connectivity index (χ4v) is 2.88. The Balaban J connectivity index is 2.16. The van der Waals surface area contributed by atoms with Gasteiger partial charge in [0.25, 0.3) is 0 Å². The van der Waals surface area contributed by atoms with E-state index >= 15 is 0 Å². The Hall–Kier alpha value is -2.35. The van der Waals surface area contributed by atoms with Gasteiger partial charge in [0.2, 0.25) is 5.91 Å². The lowest BCUT2D eigenvalue weighted by molar-refractivity contribution is -0.135. The molecule has 0 unspecified atom stereocenters. The third-order valence-electron chi connectivity index (χ3n) is 4.47. The first-order valence-electron chi connectivity index (χ1n) is 8.66. The Morgan fingerprint density at radius 1 is 1.22 bits per heavy atom. The van der Waals surface area contributed by atoms with Crippen molar-refractivity contribution in [1.82, 2.24) is 20.2 Å². The third kappa shape index (κ3) is 5.09. The number of hydrogen-bond donors (Lipinski definition) is 2. The molecule has 1 aromatic heterocycles. The summed E-state index contributed by atoms with van der Waals surface area (Å²) in [4.78, 5) is 33.7. The molecule has 0 saturated heterocycles. The minimum Gasteiger partial charge on any atom is -0.453 e. The number of carbonyl (C=O) groups excluding carboxylic acids is 2. The van der Waals surface area contributed by atoms with E-state index in [0.29, 0.717) is 5.82 Å². The quantitative estimate of drug-likeness (QED) is 0.721. The summed E-state index contributed by atoms with van der Waals surface area (Å²) in [5.74, 6) is 0.384. The Labute approximate surface area is 167 Å². The monoisotopic (exact) mass is 436 g/mol. The van der Waals surface area contributed by atoms with Crippen LogP contribution < -0.4 is 5.32 Å². The molecule has 2 atom stereocenters. The number of ether oxygens (including phenoxy) is 1. The van der Waals surface area contributed by atoms with Crippen LogP contribution in [0.15, 0.2) is 34.9 Å².